The van der Waals surface area contributed by atoms with Gasteiger partial charge in [-0.05, 0) is 36.4 Å². The van der Waals surface area contributed by atoms with Crippen LogP contribution < -0.4 is 14.8 Å². The largest absolute Gasteiger partial charge is 0.486 e. The number of nitriles is 1. The summed E-state index contributed by atoms with van der Waals surface area (Å²) >= 11 is 1.41. The van der Waals surface area contributed by atoms with E-state index in [2.05, 4.69) is 11.4 Å². The number of fused-ring (bicyclic) bond motifs is 1. The summed E-state index contributed by atoms with van der Waals surface area (Å²) in [5, 5.41) is 12.2. The number of carbonyl (C=O) groups excluding carboxylic acids is 1. The van der Waals surface area contributed by atoms with Crippen molar-refractivity contribution in [3.8, 4) is 17.6 Å². The third-order valence-electron chi connectivity index (χ3n) is 4.42. The minimum Gasteiger partial charge on any atom is -0.486 e. The molecule has 0 radical (unpaired) electrons. The van der Waals surface area contributed by atoms with E-state index in [0.717, 1.165) is 9.79 Å². The molecule has 0 saturated heterocycles. The van der Waals surface area contributed by atoms with Crippen LogP contribution in [0.2, 0.25) is 0 Å². The predicted octanol–water partition coefficient (Wildman–Crippen LogP) is 4.28. The maximum Gasteiger partial charge on any atom is 0.252 e. The fraction of sp³-hybridized carbons (Fsp3) is 0.130. The van der Waals surface area contributed by atoms with Gasteiger partial charge < -0.3 is 14.8 Å². The fourth-order valence-corrected chi connectivity index (χ4v) is 4.00. The van der Waals surface area contributed by atoms with Crippen molar-refractivity contribution in [3.05, 3.63) is 83.9 Å². The first-order valence-electron chi connectivity index (χ1n) is 9.17. The van der Waals surface area contributed by atoms with Crippen molar-refractivity contribution in [3.63, 3.8) is 0 Å². The van der Waals surface area contributed by atoms with Crippen LogP contribution in [0.15, 0.2) is 82.6 Å². The molecule has 4 rings (SSSR count). The Kier molecular flexibility index (Phi) is 5.68. The summed E-state index contributed by atoms with van der Waals surface area (Å²) < 4.78 is 11.6. The van der Waals surface area contributed by atoms with Gasteiger partial charge in [0.05, 0.1) is 17.7 Å². The lowest BCUT2D eigenvalue weighted by molar-refractivity contribution is 0.0787. The summed E-state index contributed by atoms with van der Waals surface area (Å²) in [7, 11) is 0. The molecule has 144 valence electrons. The van der Waals surface area contributed by atoms with Gasteiger partial charge in [0.1, 0.15) is 18.8 Å². The van der Waals surface area contributed by atoms with Crippen molar-refractivity contribution < 1.29 is 14.3 Å². The molecule has 0 saturated carbocycles. The summed E-state index contributed by atoms with van der Waals surface area (Å²) in [6.45, 7) is 0.712. The molecule has 1 amide bonds. The van der Waals surface area contributed by atoms with E-state index in [9.17, 15) is 10.1 Å². The van der Waals surface area contributed by atoms with Crippen LogP contribution >= 0.6 is 11.8 Å². The lowest BCUT2D eigenvalue weighted by atomic mass is 10.2. The van der Waals surface area contributed by atoms with Gasteiger partial charge >= 0.3 is 0 Å². The molecule has 0 aliphatic carbocycles. The van der Waals surface area contributed by atoms with E-state index in [1.165, 1.54) is 11.8 Å². The zero-order valence-corrected chi connectivity index (χ0v) is 16.3. The second-order valence-electron chi connectivity index (χ2n) is 6.41. The molecule has 0 fully saturated rings. The minimum atomic E-state index is -0.256. The van der Waals surface area contributed by atoms with E-state index in [-0.39, 0.29) is 12.0 Å². The van der Waals surface area contributed by atoms with Crippen molar-refractivity contribution in [1.29, 1.82) is 5.26 Å². The van der Waals surface area contributed by atoms with E-state index >= 15 is 0 Å². The second-order valence-corrected chi connectivity index (χ2v) is 7.50. The van der Waals surface area contributed by atoms with Crippen molar-refractivity contribution in [2.45, 2.75) is 15.9 Å². The van der Waals surface area contributed by atoms with Crippen LogP contribution in [0.1, 0.15) is 15.9 Å². The van der Waals surface area contributed by atoms with Crippen LogP contribution in [-0.4, -0.2) is 25.2 Å². The minimum absolute atomic E-state index is 0.190. The third kappa shape index (κ3) is 4.36. The van der Waals surface area contributed by atoms with Gasteiger partial charge in [0, 0.05) is 9.79 Å². The van der Waals surface area contributed by atoms with Gasteiger partial charge in [-0.25, -0.2) is 0 Å². The van der Waals surface area contributed by atoms with Gasteiger partial charge in [0.25, 0.3) is 5.91 Å². The lowest BCUT2D eigenvalue weighted by Crippen LogP contribution is -2.40. The van der Waals surface area contributed by atoms with Crippen molar-refractivity contribution in [1.82, 2.24) is 5.32 Å². The highest BCUT2D eigenvalue weighted by Gasteiger charge is 2.22. The van der Waals surface area contributed by atoms with Gasteiger partial charge in [-0.1, -0.05) is 48.2 Å². The fourth-order valence-electron chi connectivity index (χ4n) is 2.98. The Morgan fingerprint density at radius 1 is 1.00 bits per heavy atom. The monoisotopic (exact) mass is 402 g/mol. The number of hydrogen-bond donors (Lipinski definition) is 1. The molecule has 3 aromatic rings. The molecule has 1 aliphatic rings. The van der Waals surface area contributed by atoms with Gasteiger partial charge in [0.2, 0.25) is 0 Å². The Bertz CT molecular complexity index is 1080. The number of nitrogens with one attached hydrogen (secondary N) is 1. The first-order valence-corrected chi connectivity index (χ1v) is 9.99. The molecule has 0 aromatic heterocycles. The van der Waals surface area contributed by atoms with Crippen LogP contribution in [0.3, 0.4) is 0 Å². The summed E-state index contributed by atoms with van der Waals surface area (Å²) in [5.41, 5.74) is 1.14. The molecule has 0 unspecified atom stereocenters. The first-order chi connectivity index (χ1) is 14.2. The quantitative estimate of drug-likeness (QED) is 0.690. The van der Waals surface area contributed by atoms with E-state index < -0.39 is 0 Å². The first kappa shape index (κ1) is 18.9. The normalized spacial score (nSPS) is 14.7. The molecule has 0 spiro atoms. The Morgan fingerprint density at radius 3 is 2.52 bits per heavy atom. The Balaban J connectivity index is 1.44. The van der Waals surface area contributed by atoms with Gasteiger partial charge in [-0.15, -0.1) is 0 Å². The number of rotatable bonds is 5. The number of para-hydroxylation sites is 2. The molecule has 6 heteroatoms. The van der Waals surface area contributed by atoms with Crippen LogP contribution in [0.4, 0.5) is 0 Å². The highest BCUT2D eigenvalue weighted by atomic mass is 32.2. The highest BCUT2D eigenvalue weighted by molar-refractivity contribution is 7.99. The number of hydrogen-bond acceptors (Lipinski definition) is 5. The topological polar surface area (TPSA) is 71.4 Å². The molecule has 3 aromatic carbocycles. The van der Waals surface area contributed by atoms with Crippen LogP contribution in [0.5, 0.6) is 11.5 Å². The molecular weight excluding hydrogens is 384 g/mol. The summed E-state index contributed by atoms with van der Waals surface area (Å²) in [4.78, 5) is 14.4. The van der Waals surface area contributed by atoms with E-state index in [1.54, 1.807) is 12.1 Å². The van der Waals surface area contributed by atoms with E-state index in [4.69, 9.17) is 9.47 Å². The number of nitrogens with zero attached hydrogens (tertiary/aromatic N) is 1. The molecule has 1 N–H and O–H groups in total. The zero-order chi connectivity index (χ0) is 20.1. The smallest absolute Gasteiger partial charge is 0.252 e. The summed E-state index contributed by atoms with van der Waals surface area (Å²) in [5.74, 6) is 1.21. The number of carbonyl (C=O) groups is 1. The van der Waals surface area contributed by atoms with Crippen molar-refractivity contribution >= 4 is 17.7 Å². The van der Waals surface area contributed by atoms with Crippen molar-refractivity contribution in [2.24, 2.45) is 0 Å². The van der Waals surface area contributed by atoms with Crippen molar-refractivity contribution in [2.75, 3.05) is 13.2 Å². The summed E-state index contributed by atoms with van der Waals surface area (Å²) in [6, 6.07) is 24.4. The van der Waals surface area contributed by atoms with E-state index in [0.29, 0.717) is 35.8 Å². The average Bonchev–Trinajstić information content (AvgIpc) is 2.78. The molecular formula is C23H18N2O3S. The molecule has 1 heterocycles. The SMILES string of the molecule is N#Cc1ccccc1Sc1ccccc1C(=O)NC[C@H]1COc2ccccc2O1. The second kappa shape index (κ2) is 8.72. The molecule has 0 bridgehead atoms. The van der Waals surface area contributed by atoms with Gasteiger partial charge in [-0.2, -0.15) is 5.26 Å². The highest BCUT2D eigenvalue weighted by Crippen LogP contribution is 2.33. The van der Waals surface area contributed by atoms with Gasteiger partial charge in [-0.3, -0.25) is 4.79 Å². The standard InChI is InChI=1S/C23H18N2O3S/c24-13-16-7-1-5-11-21(16)29-22-12-6-2-8-18(22)23(26)25-14-17-15-27-19-9-3-4-10-20(19)28-17/h1-12,17H,14-15H2,(H,25,26)/t17-/m0/s1. The lowest BCUT2D eigenvalue weighted by Gasteiger charge is -2.26. The molecule has 5 nitrogen and oxygen atoms in total. The molecule has 1 aliphatic heterocycles. The number of amides is 1. The Morgan fingerprint density at radius 2 is 1.69 bits per heavy atom. The zero-order valence-electron chi connectivity index (χ0n) is 15.5. The molecule has 1 atom stereocenters. The third-order valence-corrected chi connectivity index (χ3v) is 5.57. The van der Waals surface area contributed by atoms with Gasteiger partial charge in [0.15, 0.2) is 11.5 Å². The van der Waals surface area contributed by atoms with Crippen LogP contribution in [0, 0.1) is 11.3 Å². The van der Waals surface area contributed by atoms with Crippen LogP contribution in [-0.2, 0) is 0 Å². The molecule has 29 heavy (non-hydrogen) atoms. The predicted molar refractivity (Wildman–Crippen MR) is 110 cm³/mol. The number of ether oxygens (including phenoxy) is 2. The van der Waals surface area contributed by atoms with Crippen LogP contribution in [0.25, 0.3) is 0 Å². The average molecular weight is 402 g/mol. The Labute approximate surface area is 173 Å². The Hall–Kier alpha value is -3.43. The summed E-state index contributed by atoms with van der Waals surface area (Å²) in [6.07, 6.45) is -0.256. The maximum absolute atomic E-state index is 12.8. The number of benzene rings is 3. The van der Waals surface area contributed by atoms with E-state index in [1.807, 2.05) is 60.7 Å². The maximum atomic E-state index is 12.8.